The monoisotopic (exact) mass is 304 g/mol. The number of hydrogen-bond donors (Lipinski definition) is 0. The minimum atomic E-state index is 0.366. The lowest BCUT2D eigenvalue weighted by Crippen LogP contribution is -2.05. The van der Waals surface area contributed by atoms with Gasteiger partial charge in [-0.05, 0) is 48.3 Å². The van der Waals surface area contributed by atoms with Gasteiger partial charge in [0.15, 0.2) is 0 Å². The van der Waals surface area contributed by atoms with Crippen LogP contribution in [0.4, 0.5) is 0 Å². The summed E-state index contributed by atoms with van der Waals surface area (Å²) in [5.74, 6) is 2.29. The second-order valence-corrected chi connectivity index (χ2v) is 6.34. The summed E-state index contributed by atoms with van der Waals surface area (Å²) in [6, 6.07) is 6.59. The zero-order chi connectivity index (χ0) is 16.5. The Balaban J connectivity index is 2.92. The highest BCUT2D eigenvalue weighted by Gasteiger charge is 2.15. The van der Waals surface area contributed by atoms with Crippen LogP contribution in [0.25, 0.3) is 0 Å². The van der Waals surface area contributed by atoms with E-state index in [4.69, 9.17) is 4.74 Å². The van der Waals surface area contributed by atoms with Gasteiger partial charge in [-0.1, -0.05) is 46.8 Å². The Hall–Kier alpha value is -1.31. The molecule has 0 aliphatic rings. The van der Waals surface area contributed by atoms with E-state index in [2.05, 4.69) is 45.9 Å². The van der Waals surface area contributed by atoms with Crippen LogP contribution in [0.1, 0.15) is 89.7 Å². The minimum Gasteiger partial charge on any atom is -0.493 e. The number of benzene rings is 1. The highest BCUT2D eigenvalue weighted by molar-refractivity contribution is 5.78. The van der Waals surface area contributed by atoms with E-state index in [0.29, 0.717) is 30.5 Å². The van der Waals surface area contributed by atoms with Crippen LogP contribution in [0, 0.1) is 0 Å². The Bertz CT molecular complexity index is 463. The molecule has 2 nitrogen and oxygen atoms in total. The van der Waals surface area contributed by atoms with Crippen LogP contribution in [0.3, 0.4) is 0 Å². The highest BCUT2D eigenvalue weighted by atomic mass is 16.5. The van der Waals surface area contributed by atoms with Crippen molar-refractivity contribution in [2.24, 2.45) is 0 Å². The summed E-state index contributed by atoms with van der Waals surface area (Å²) >= 11 is 0. The summed E-state index contributed by atoms with van der Waals surface area (Å²) in [6.45, 7) is 11.5. The number of Topliss-reactive ketones (excluding diaryl/α,β-unsaturated/α-hetero) is 1. The number of ether oxygens (including phenoxy) is 1. The van der Waals surface area contributed by atoms with E-state index < -0.39 is 0 Å². The van der Waals surface area contributed by atoms with E-state index in [9.17, 15) is 4.79 Å². The highest BCUT2D eigenvalue weighted by Crippen LogP contribution is 2.33. The minimum absolute atomic E-state index is 0.366. The quantitative estimate of drug-likeness (QED) is 0.542. The fourth-order valence-electron chi connectivity index (χ4n) is 2.73. The second-order valence-electron chi connectivity index (χ2n) is 6.34. The summed E-state index contributed by atoms with van der Waals surface area (Å²) < 4.78 is 5.88. The predicted octanol–water partition coefficient (Wildman–Crippen LogP) is 5.85. The fraction of sp³-hybridized carbons (Fsp3) is 0.650. The fourth-order valence-corrected chi connectivity index (χ4v) is 2.73. The van der Waals surface area contributed by atoms with E-state index >= 15 is 0 Å². The van der Waals surface area contributed by atoms with Gasteiger partial charge in [-0.3, -0.25) is 4.79 Å². The molecule has 1 rings (SSSR count). The zero-order valence-electron chi connectivity index (χ0n) is 14.9. The lowest BCUT2D eigenvalue weighted by Gasteiger charge is -2.20. The molecule has 124 valence electrons. The van der Waals surface area contributed by atoms with Gasteiger partial charge in [-0.15, -0.1) is 0 Å². The maximum atomic E-state index is 11.6. The number of hydrogen-bond acceptors (Lipinski definition) is 2. The molecule has 1 unspecified atom stereocenters. The van der Waals surface area contributed by atoms with E-state index in [1.807, 2.05) is 6.92 Å². The Morgan fingerprint density at radius 2 is 1.91 bits per heavy atom. The van der Waals surface area contributed by atoms with Crippen molar-refractivity contribution in [1.82, 2.24) is 0 Å². The predicted molar refractivity (Wildman–Crippen MR) is 93.9 cm³/mol. The Kier molecular flexibility index (Phi) is 8.22. The van der Waals surface area contributed by atoms with Gasteiger partial charge in [0, 0.05) is 12.8 Å². The molecule has 1 aromatic rings. The molecule has 0 fully saturated rings. The van der Waals surface area contributed by atoms with Gasteiger partial charge >= 0.3 is 0 Å². The summed E-state index contributed by atoms with van der Waals surface area (Å²) in [5, 5.41) is 0. The molecule has 1 atom stereocenters. The Morgan fingerprint density at radius 1 is 1.18 bits per heavy atom. The van der Waals surface area contributed by atoms with Crippen LogP contribution in [0.5, 0.6) is 5.75 Å². The summed E-state index contributed by atoms with van der Waals surface area (Å²) in [6.07, 6.45) is 4.40. The topological polar surface area (TPSA) is 26.3 Å². The first-order valence-electron chi connectivity index (χ1n) is 8.81. The molecule has 1 aromatic carbocycles. The Labute approximate surface area is 136 Å². The molecule has 0 aliphatic heterocycles. The molecule has 0 bridgehead atoms. The van der Waals surface area contributed by atoms with Gasteiger partial charge in [-0.2, -0.15) is 0 Å². The number of ketones is 1. The van der Waals surface area contributed by atoms with Crippen LogP contribution in [0.2, 0.25) is 0 Å². The van der Waals surface area contributed by atoms with Crippen LogP contribution >= 0.6 is 0 Å². The van der Waals surface area contributed by atoms with E-state index in [1.165, 1.54) is 11.1 Å². The molecule has 2 heteroatoms. The van der Waals surface area contributed by atoms with Crippen molar-refractivity contribution in [3.8, 4) is 5.75 Å². The third-order valence-corrected chi connectivity index (χ3v) is 4.25. The van der Waals surface area contributed by atoms with Crippen molar-refractivity contribution < 1.29 is 9.53 Å². The van der Waals surface area contributed by atoms with Crippen molar-refractivity contribution in [2.75, 3.05) is 6.61 Å². The van der Waals surface area contributed by atoms with Crippen molar-refractivity contribution in [2.45, 2.75) is 78.6 Å². The van der Waals surface area contributed by atoms with Crippen LogP contribution in [-0.4, -0.2) is 12.4 Å². The molecule has 0 saturated carbocycles. The van der Waals surface area contributed by atoms with Gasteiger partial charge in [0.1, 0.15) is 11.5 Å². The van der Waals surface area contributed by atoms with Gasteiger partial charge in [0.25, 0.3) is 0 Å². The largest absolute Gasteiger partial charge is 0.493 e. The van der Waals surface area contributed by atoms with Gasteiger partial charge in [0.05, 0.1) is 6.61 Å². The van der Waals surface area contributed by atoms with Crippen LogP contribution < -0.4 is 4.74 Å². The molecule has 0 amide bonds. The summed E-state index contributed by atoms with van der Waals surface area (Å²) in [4.78, 5) is 11.6. The van der Waals surface area contributed by atoms with E-state index in [0.717, 1.165) is 31.6 Å². The van der Waals surface area contributed by atoms with Gasteiger partial charge in [0.2, 0.25) is 0 Å². The number of carbonyl (C=O) groups excluding carboxylic acids is 1. The molecular weight excluding hydrogens is 272 g/mol. The normalized spacial score (nSPS) is 12.5. The average molecular weight is 304 g/mol. The van der Waals surface area contributed by atoms with Crippen LogP contribution in [-0.2, 0) is 4.79 Å². The molecule has 0 spiro atoms. The molecule has 0 heterocycles. The number of rotatable bonds is 10. The average Bonchev–Trinajstić information content (AvgIpc) is 2.53. The van der Waals surface area contributed by atoms with Crippen molar-refractivity contribution in [1.29, 1.82) is 0 Å². The molecule has 0 aromatic heterocycles. The molecule has 0 radical (unpaired) electrons. The number of carbonyl (C=O) groups is 1. The summed E-state index contributed by atoms with van der Waals surface area (Å²) in [5.41, 5.74) is 2.63. The SMILES string of the molecule is CCCOc1ccc(C(CC)CCC(=O)CC)cc1C(C)C. The van der Waals surface area contributed by atoms with Gasteiger partial charge in [-0.25, -0.2) is 0 Å². The first kappa shape index (κ1) is 18.7. The molecule has 0 aliphatic carbocycles. The molecular formula is C20H32O2. The molecule has 0 N–H and O–H groups in total. The van der Waals surface area contributed by atoms with E-state index in [1.54, 1.807) is 0 Å². The van der Waals surface area contributed by atoms with Crippen molar-refractivity contribution in [3.63, 3.8) is 0 Å². The first-order chi connectivity index (χ1) is 10.5. The summed E-state index contributed by atoms with van der Waals surface area (Å²) in [7, 11) is 0. The molecule has 22 heavy (non-hydrogen) atoms. The Morgan fingerprint density at radius 3 is 2.45 bits per heavy atom. The van der Waals surface area contributed by atoms with Crippen LogP contribution in [0.15, 0.2) is 18.2 Å². The third-order valence-electron chi connectivity index (χ3n) is 4.25. The standard InChI is InChI=1S/C20H32O2/c1-6-13-22-20-12-10-17(14-19(20)15(4)5)16(7-2)9-11-18(21)8-3/h10,12,14-16H,6-9,11,13H2,1-5H3. The third kappa shape index (κ3) is 5.47. The van der Waals surface area contributed by atoms with Gasteiger partial charge < -0.3 is 4.74 Å². The maximum Gasteiger partial charge on any atom is 0.132 e. The lowest BCUT2D eigenvalue weighted by molar-refractivity contribution is -0.118. The maximum absolute atomic E-state index is 11.6. The van der Waals surface area contributed by atoms with Crippen molar-refractivity contribution in [3.05, 3.63) is 29.3 Å². The lowest BCUT2D eigenvalue weighted by atomic mass is 9.88. The van der Waals surface area contributed by atoms with E-state index in [-0.39, 0.29) is 0 Å². The first-order valence-corrected chi connectivity index (χ1v) is 8.81. The zero-order valence-corrected chi connectivity index (χ0v) is 14.9. The second kappa shape index (κ2) is 9.66. The smallest absolute Gasteiger partial charge is 0.132 e. The van der Waals surface area contributed by atoms with Crippen molar-refractivity contribution >= 4 is 5.78 Å². The molecule has 0 saturated heterocycles.